The van der Waals surface area contributed by atoms with Crippen molar-refractivity contribution < 1.29 is 13.2 Å². The monoisotopic (exact) mass is 352 g/mol. The quantitative estimate of drug-likeness (QED) is 0.898. The molecule has 0 atom stereocenters. The van der Waals surface area contributed by atoms with E-state index < -0.39 is 10.0 Å². The van der Waals surface area contributed by atoms with Gasteiger partial charge in [0.1, 0.15) is 4.21 Å². The number of rotatable bonds is 5. The highest BCUT2D eigenvalue weighted by Crippen LogP contribution is 2.21. The minimum absolute atomic E-state index is 0.294. The van der Waals surface area contributed by atoms with E-state index in [4.69, 9.17) is 4.74 Å². The lowest BCUT2D eigenvalue weighted by molar-refractivity contribution is 0.122. The molecular weight excluding hydrogens is 332 g/mol. The number of aryl methyl sites for hydroxylation is 1. The summed E-state index contributed by atoms with van der Waals surface area (Å²) in [6.07, 6.45) is 0. The van der Waals surface area contributed by atoms with Crippen molar-refractivity contribution in [3.63, 3.8) is 0 Å². The zero-order valence-corrected chi connectivity index (χ0v) is 14.6. The van der Waals surface area contributed by atoms with Crippen LogP contribution in [-0.4, -0.2) is 34.7 Å². The maximum absolute atomic E-state index is 12.2. The Morgan fingerprint density at radius 3 is 2.43 bits per heavy atom. The van der Waals surface area contributed by atoms with E-state index in [0.717, 1.165) is 42.4 Å². The molecule has 0 aliphatic carbocycles. The Labute approximate surface area is 140 Å². The van der Waals surface area contributed by atoms with Gasteiger partial charge in [0, 0.05) is 30.2 Å². The highest BCUT2D eigenvalue weighted by Gasteiger charge is 2.16. The standard InChI is InChI=1S/C16H20N2O3S2/c1-13-2-7-16(22-13)23(19,20)17-12-14-3-5-15(6-4-14)18-8-10-21-11-9-18/h2-7,17H,8-12H2,1H3. The first kappa shape index (κ1) is 16.4. The van der Waals surface area contributed by atoms with Crippen molar-refractivity contribution in [2.24, 2.45) is 0 Å². The molecule has 0 bridgehead atoms. The zero-order valence-electron chi connectivity index (χ0n) is 13.0. The molecule has 0 radical (unpaired) electrons. The van der Waals surface area contributed by atoms with Crippen LogP contribution in [0, 0.1) is 6.92 Å². The van der Waals surface area contributed by atoms with Crippen LogP contribution < -0.4 is 9.62 Å². The second-order valence-corrected chi connectivity index (χ2v) is 8.74. The van der Waals surface area contributed by atoms with E-state index in [0.29, 0.717) is 10.8 Å². The first-order chi connectivity index (χ1) is 11.0. The molecule has 2 heterocycles. The van der Waals surface area contributed by atoms with Gasteiger partial charge in [0.15, 0.2) is 0 Å². The molecule has 1 aromatic heterocycles. The van der Waals surface area contributed by atoms with Gasteiger partial charge in [-0.1, -0.05) is 12.1 Å². The summed E-state index contributed by atoms with van der Waals surface area (Å²) < 4.78 is 32.8. The average Bonchev–Trinajstić information content (AvgIpc) is 3.02. The second kappa shape index (κ2) is 7.00. The van der Waals surface area contributed by atoms with E-state index in [2.05, 4.69) is 9.62 Å². The van der Waals surface area contributed by atoms with Crippen LogP contribution in [0.15, 0.2) is 40.6 Å². The van der Waals surface area contributed by atoms with Crippen molar-refractivity contribution >= 4 is 27.0 Å². The molecule has 1 saturated heterocycles. The number of thiophene rings is 1. The van der Waals surface area contributed by atoms with Crippen LogP contribution in [0.4, 0.5) is 5.69 Å². The molecular formula is C16H20N2O3S2. The van der Waals surface area contributed by atoms with E-state index in [1.54, 1.807) is 6.07 Å². The highest BCUT2D eigenvalue weighted by molar-refractivity contribution is 7.91. The summed E-state index contributed by atoms with van der Waals surface area (Å²) in [7, 11) is -3.43. The Morgan fingerprint density at radius 1 is 1.13 bits per heavy atom. The molecule has 5 nitrogen and oxygen atoms in total. The first-order valence-corrected chi connectivity index (χ1v) is 9.82. The highest BCUT2D eigenvalue weighted by atomic mass is 32.2. The molecule has 1 aliphatic heterocycles. The average molecular weight is 352 g/mol. The van der Waals surface area contributed by atoms with Gasteiger partial charge >= 0.3 is 0 Å². The summed E-state index contributed by atoms with van der Waals surface area (Å²) >= 11 is 1.28. The normalized spacial score (nSPS) is 15.8. The van der Waals surface area contributed by atoms with Crippen LogP contribution in [0.25, 0.3) is 0 Å². The molecule has 0 amide bonds. The lowest BCUT2D eigenvalue weighted by Gasteiger charge is -2.28. The van der Waals surface area contributed by atoms with Crippen LogP contribution in [0.1, 0.15) is 10.4 Å². The topological polar surface area (TPSA) is 58.6 Å². The molecule has 0 saturated carbocycles. The van der Waals surface area contributed by atoms with Crippen LogP contribution >= 0.6 is 11.3 Å². The van der Waals surface area contributed by atoms with Crippen molar-refractivity contribution in [1.29, 1.82) is 0 Å². The molecule has 23 heavy (non-hydrogen) atoms. The lowest BCUT2D eigenvalue weighted by Crippen LogP contribution is -2.36. The van der Waals surface area contributed by atoms with Crippen molar-refractivity contribution in [1.82, 2.24) is 4.72 Å². The molecule has 1 fully saturated rings. The van der Waals surface area contributed by atoms with Crippen LogP contribution in [0.5, 0.6) is 0 Å². The third-order valence-corrected chi connectivity index (χ3v) is 6.65. The Balaban J connectivity index is 1.62. The van der Waals surface area contributed by atoms with Gasteiger partial charge < -0.3 is 9.64 Å². The van der Waals surface area contributed by atoms with Gasteiger partial charge in [-0.3, -0.25) is 0 Å². The molecule has 7 heteroatoms. The molecule has 0 spiro atoms. The maximum atomic E-state index is 12.2. The SMILES string of the molecule is Cc1ccc(S(=O)(=O)NCc2ccc(N3CCOCC3)cc2)s1. The number of morpholine rings is 1. The number of anilines is 1. The minimum atomic E-state index is -3.43. The smallest absolute Gasteiger partial charge is 0.250 e. The second-order valence-electron chi connectivity index (χ2n) is 5.46. The van der Waals surface area contributed by atoms with Crippen LogP contribution in [0.3, 0.4) is 0 Å². The molecule has 1 N–H and O–H groups in total. The summed E-state index contributed by atoms with van der Waals surface area (Å²) in [4.78, 5) is 3.26. The van der Waals surface area contributed by atoms with Crippen molar-refractivity contribution in [3.05, 3.63) is 46.8 Å². The number of nitrogens with one attached hydrogen (secondary N) is 1. The van der Waals surface area contributed by atoms with Gasteiger partial charge in [-0.15, -0.1) is 11.3 Å². The first-order valence-electron chi connectivity index (χ1n) is 7.52. The summed E-state index contributed by atoms with van der Waals surface area (Å²) in [5.41, 5.74) is 2.09. The molecule has 1 aromatic carbocycles. The Morgan fingerprint density at radius 2 is 1.83 bits per heavy atom. The van der Waals surface area contributed by atoms with Crippen molar-refractivity contribution in [2.75, 3.05) is 31.2 Å². The van der Waals surface area contributed by atoms with E-state index >= 15 is 0 Å². The minimum Gasteiger partial charge on any atom is -0.378 e. The third-order valence-electron chi connectivity index (χ3n) is 3.76. The molecule has 3 rings (SSSR count). The maximum Gasteiger partial charge on any atom is 0.250 e. The Kier molecular flexibility index (Phi) is 5.01. The fourth-order valence-corrected chi connectivity index (χ4v) is 4.80. The van der Waals surface area contributed by atoms with Crippen molar-refractivity contribution in [2.45, 2.75) is 17.7 Å². The predicted octanol–water partition coefficient (Wildman–Crippen LogP) is 2.37. The number of benzene rings is 1. The largest absolute Gasteiger partial charge is 0.378 e. The number of ether oxygens (including phenoxy) is 1. The van der Waals surface area contributed by atoms with Crippen LogP contribution in [-0.2, 0) is 21.3 Å². The Bertz CT molecular complexity index is 748. The van der Waals surface area contributed by atoms with E-state index in [1.807, 2.05) is 37.3 Å². The molecule has 2 aromatic rings. The lowest BCUT2D eigenvalue weighted by atomic mass is 10.2. The molecule has 0 unspecified atom stereocenters. The number of nitrogens with zero attached hydrogens (tertiary/aromatic N) is 1. The van der Waals surface area contributed by atoms with Gasteiger partial charge in [-0.05, 0) is 36.8 Å². The summed E-state index contributed by atoms with van der Waals surface area (Å²) in [6, 6.07) is 11.5. The summed E-state index contributed by atoms with van der Waals surface area (Å²) in [5.74, 6) is 0. The van der Waals surface area contributed by atoms with Crippen molar-refractivity contribution in [3.8, 4) is 0 Å². The van der Waals surface area contributed by atoms with Gasteiger partial charge in [0.05, 0.1) is 13.2 Å². The van der Waals surface area contributed by atoms with Gasteiger partial charge in [-0.25, -0.2) is 13.1 Å². The summed E-state index contributed by atoms with van der Waals surface area (Å²) in [5, 5.41) is 0. The predicted molar refractivity (Wildman–Crippen MR) is 92.6 cm³/mol. The third kappa shape index (κ3) is 4.11. The zero-order chi connectivity index (χ0) is 16.3. The molecule has 1 aliphatic rings. The number of hydrogen-bond donors (Lipinski definition) is 1. The van der Waals surface area contributed by atoms with Crippen LogP contribution in [0.2, 0.25) is 0 Å². The Hall–Kier alpha value is -1.41. The van der Waals surface area contributed by atoms with E-state index in [-0.39, 0.29) is 0 Å². The molecule has 124 valence electrons. The fourth-order valence-electron chi connectivity index (χ4n) is 2.45. The van der Waals surface area contributed by atoms with Gasteiger partial charge in [0.2, 0.25) is 10.0 Å². The summed E-state index contributed by atoms with van der Waals surface area (Å²) in [6.45, 7) is 5.48. The fraction of sp³-hybridized carbons (Fsp3) is 0.375. The number of sulfonamides is 1. The van der Waals surface area contributed by atoms with Gasteiger partial charge in [0.25, 0.3) is 0 Å². The van der Waals surface area contributed by atoms with E-state index in [1.165, 1.54) is 11.3 Å². The van der Waals surface area contributed by atoms with Gasteiger partial charge in [-0.2, -0.15) is 0 Å². The number of hydrogen-bond acceptors (Lipinski definition) is 5. The van der Waals surface area contributed by atoms with E-state index in [9.17, 15) is 8.42 Å².